The Labute approximate surface area is 110 Å². The number of ketones is 1. The van der Waals surface area contributed by atoms with E-state index in [4.69, 9.17) is 0 Å². The van der Waals surface area contributed by atoms with Gasteiger partial charge in [0.2, 0.25) is 0 Å². The average Bonchev–Trinajstić information content (AvgIpc) is 2.34. The first-order chi connectivity index (χ1) is 8.58. The SMILES string of the molecule is CC(=O)C(C1CCN(C)CC1)N1CCC(O)CC1. The van der Waals surface area contributed by atoms with E-state index in [1.807, 2.05) is 0 Å². The lowest BCUT2D eigenvalue weighted by atomic mass is 9.85. The quantitative estimate of drug-likeness (QED) is 0.807. The lowest BCUT2D eigenvalue weighted by Gasteiger charge is -2.41. The second-order valence-electron chi connectivity index (χ2n) is 5.96. The Morgan fingerprint density at radius 2 is 1.67 bits per heavy atom. The van der Waals surface area contributed by atoms with Crippen LogP contribution in [0.25, 0.3) is 0 Å². The monoisotopic (exact) mass is 254 g/mol. The zero-order chi connectivity index (χ0) is 13.1. The van der Waals surface area contributed by atoms with Crippen LogP contribution in [0, 0.1) is 5.92 Å². The summed E-state index contributed by atoms with van der Waals surface area (Å²) in [5.74, 6) is 0.815. The van der Waals surface area contributed by atoms with E-state index in [9.17, 15) is 9.90 Å². The van der Waals surface area contributed by atoms with E-state index in [1.165, 1.54) is 0 Å². The largest absolute Gasteiger partial charge is 0.393 e. The molecule has 0 spiro atoms. The van der Waals surface area contributed by atoms with Crippen molar-refractivity contribution in [2.75, 3.05) is 33.2 Å². The number of Topliss-reactive ketones (excluding diaryl/α,β-unsaturated/α-hetero) is 1. The molecule has 0 aromatic rings. The third kappa shape index (κ3) is 3.31. The van der Waals surface area contributed by atoms with Gasteiger partial charge in [-0.25, -0.2) is 0 Å². The van der Waals surface area contributed by atoms with Crippen LogP contribution in [0.3, 0.4) is 0 Å². The van der Waals surface area contributed by atoms with Crippen molar-refractivity contribution in [3.05, 3.63) is 0 Å². The zero-order valence-electron chi connectivity index (χ0n) is 11.6. The average molecular weight is 254 g/mol. The maximum Gasteiger partial charge on any atom is 0.147 e. The van der Waals surface area contributed by atoms with Gasteiger partial charge in [-0.1, -0.05) is 0 Å². The first kappa shape index (κ1) is 14.0. The van der Waals surface area contributed by atoms with Crippen LogP contribution in [0.15, 0.2) is 0 Å². The Kier molecular flexibility index (Phi) is 4.76. The number of piperidine rings is 2. The van der Waals surface area contributed by atoms with Gasteiger partial charge in [0.1, 0.15) is 5.78 Å². The van der Waals surface area contributed by atoms with Crippen molar-refractivity contribution in [1.82, 2.24) is 9.80 Å². The number of rotatable bonds is 3. The highest BCUT2D eigenvalue weighted by atomic mass is 16.3. The molecule has 0 radical (unpaired) electrons. The molecule has 2 heterocycles. The van der Waals surface area contributed by atoms with Crippen molar-refractivity contribution in [3.8, 4) is 0 Å². The molecule has 0 aromatic carbocycles. The minimum atomic E-state index is -0.161. The molecule has 2 aliphatic rings. The molecule has 0 saturated carbocycles. The van der Waals surface area contributed by atoms with Gasteiger partial charge in [0.25, 0.3) is 0 Å². The fraction of sp³-hybridized carbons (Fsp3) is 0.929. The summed E-state index contributed by atoms with van der Waals surface area (Å²) in [6, 6.07) is 0.0891. The molecule has 104 valence electrons. The second kappa shape index (κ2) is 6.13. The van der Waals surface area contributed by atoms with Crippen molar-refractivity contribution in [2.24, 2.45) is 5.92 Å². The molecule has 2 fully saturated rings. The number of hydrogen-bond acceptors (Lipinski definition) is 4. The summed E-state index contributed by atoms with van der Waals surface area (Å²) in [4.78, 5) is 16.6. The summed E-state index contributed by atoms with van der Waals surface area (Å²) >= 11 is 0. The van der Waals surface area contributed by atoms with E-state index in [0.29, 0.717) is 11.7 Å². The Bertz CT molecular complexity index is 258. The Morgan fingerprint density at radius 1 is 1.11 bits per heavy atom. The fourth-order valence-corrected chi connectivity index (χ4v) is 3.40. The number of nitrogens with zero attached hydrogens (tertiary/aromatic N) is 2. The molecule has 0 bridgehead atoms. The van der Waals surface area contributed by atoms with Gasteiger partial charge in [-0.3, -0.25) is 9.69 Å². The van der Waals surface area contributed by atoms with Crippen LogP contribution in [0.5, 0.6) is 0 Å². The lowest BCUT2D eigenvalue weighted by molar-refractivity contribution is -0.126. The number of carbonyl (C=O) groups is 1. The van der Waals surface area contributed by atoms with E-state index in [2.05, 4.69) is 16.8 Å². The van der Waals surface area contributed by atoms with Gasteiger partial charge >= 0.3 is 0 Å². The minimum absolute atomic E-state index is 0.0891. The molecular weight excluding hydrogens is 228 g/mol. The van der Waals surface area contributed by atoms with E-state index >= 15 is 0 Å². The molecule has 0 aromatic heterocycles. The van der Waals surface area contributed by atoms with Crippen LogP contribution in [0.2, 0.25) is 0 Å². The molecule has 0 amide bonds. The normalized spacial score (nSPS) is 27.3. The maximum atomic E-state index is 12.0. The van der Waals surface area contributed by atoms with Gasteiger partial charge in [-0.2, -0.15) is 0 Å². The minimum Gasteiger partial charge on any atom is -0.393 e. The molecular formula is C14H26N2O2. The van der Waals surface area contributed by atoms with Crippen LogP contribution in [0.4, 0.5) is 0 Å². The van der Waals surface area contributed by atoms with Crippen molar-refractivity contribution in [3.63, 3.8) is 0 Å². The summed E-state index contributed by atoms with van der Waals surface area (Å²) in [5.41, 5.74) is 0. The third-order valence-corrected chi connectivity index (χ3v) is 4.52. The zero-order valence-corrected chi connectivity index (χ0v) is 11.6. The summed E-state index contributed by atoms with van der Waals surface area (Å²) < 4.78 is 0. The predicted molar refractivity (Wildman–Crippen MR) is 71.5 cm³/mol. The number of aliphatic hydroxyl groups is 1. The first-order valence-corrected chi connectivity index (χ1v) is 7.19. The molecule has 1 N–H and O–H groups in total. The number of hydrogen-bond donors (Lipinski definition) is 1. The van der Waals surface area contributed by atoms with E-state index in [1.54, 1.807) is 6.92 Å². The second-order valence-corrected chi connectivity index (χ2v) is 5.96. The number of aliphatic hydroxyl groups excluding tert-OH is 1. The third-order valence-electron chi connectivity index (χ3n) is 4.52. The summed E-state index contributed by atoms with van der Waals surface area (Å²) in [5, 5.41) is 9.57. The van der Waals surface area contributed by atoms with Gasteiger partial charge < -0.3 is 10.0 Å². The molecule has 18 heavy (non-hydrogen) atoms. The van der Waals surface area contributed by atoms with E-state index in [0.717, 1.165) is 51.9 Å². The molecule has 2 aliphatic heterocycles. The molecule has 0 aliphatic carbocycles. The van der Waals surface area contributed by atoms with E-state index in [-0.39, 0.29) is 12.1 Å². The highest BCUT2D eigenvalue weighted by Crippen LogP contribution is 2.26. The predicted octanol–water partition coefficient (Wildman–Crippen LogP) is 0.742. The van der Waals surface area contributed by atoms with Gasteiger partial charge in [0.05, 0.1) is 12.1 Å². The molecule has 1 unspecified atom stereocenters. The van der Waals surface area contributed by atoms with Crippen LogP contribution < -0.4 is 0 Å². The number of likely N-dealkylation sites (tertiary alicyclic amines) is 2. The highest BCUT2D eigenvalue weighted by molar-refractivity contribution is 5.81. The van der Waals surface area contributed by atoms with Crippen molar-refractivity contribution >= 4 is 5.78 Å². The van der Waals surface area contributed by atoms with Crippen molar-refractivity contribution < 1.29 is 9.90 Å². The van der Waals surface area contributed by atoms with Crippen LogP contribution in [-0.4, -0.2) is 66.1 Å². The van der Waals surface area contributed by atoms with E-state index < -0.39 is 0 Å². The summed E-state index contributed by atoms with van der Waals surface area (Å²) in [7, 11) is 2.15. The van der Waals surface area contributed by atoms with Crippen LogP contribution in [-0.2, 0) is 4.79 Å². The highest BCUT2D eigenvalue weighted by Gasteiger charge is 2.34. The van der Waals surface area contributed by atoms with Gasteiger partial charge in [-0.15, -0.1) is 0 Å². The van der Waals surface area contributed by atoms with Gasteiger partial charge in [0, 0.05) is 13.1 Å². The van der Waals surface area contributed by atoms with Crippen molar-refractivity contribution in [1.29, 1.82) is 0 Å². The number of carbonyl (C=O) groups excluding carboxylic acids is 1. The Balaban J connectivity index is 1.97. The van der Waals surface area contributed by atoms with Crippen LogP contribution in [0.1, 0.15) is 32.6 Å². The van der Waals surface area contributed by atoms with Gasteiger partial charge in [-0.05, 0) is 58.7 Å². The molecule has 4 heteroatoms. The molecule has 1 atom stereocenters. The first-order valence-electron chi connectivity index (χ1n) is 7.19. The Hall–Kier alpha value is -0.450. The maximum absolute atomic E-state index is 12.0. The topological polar surface area (TPSA) is 43.8 Å². The van der Waals surface area contributed by atoms with Crippen LogP contribution >= 0.6 is 0 Å². The van der Waals surface area contributed by atoms with Gasteiger partial charge in [0.15, 0.2) is 0 Å². The Morgan fingerprint density at radius 3 is 2.17 bits per heavy atom. The summed E-state index contributed by atoms with van der Waals surface area (Å²) in [6.07, 6.45) is 3.72. The standard InChI is InChI=1S/C14H26N2O2/c1-11(17)14(12-3-7-15(2)8-4-12)16-9-5-13(18)6-10-16/h12-14,18H,3-10H2,1-2H3. The molecule has 2 saturated heterocycles. The molecule has 2 rings (SSSR count). The smallest absolute Gasteiger partial charge is 0.147 e. The fourth-order valence-electron chi connectivity index (χ4n) is 3.40. The van der Waals surface area contributed by atoms with Crippen molar-refractivity contribution in [2.45, 2.75) is 44.8 Å². The summed E-state index contributed by atoms with van der Waals surface area (Å²) in [6.45, 7) is 5.68. The lowest BCUT2D eigenvalue weighted by Crippen LogP contribution is -2.51. The molecule has 4 nitrogen and oxygen atoms in total.